The molecule has 2 aromatic carbocycles. The maximum Gasteiger partial charge on any atom is 0.323 e. The average Bonchev–Trinajstić information content (AvgIpc) is 2.97. The summed E-state index contributed by atoms with van der Waals surface area (Å²) in [5, 5.41) is 14.0. The Hall–Kier alpha value is -3.88. The molecule has 4 aromatic rings. The zero-order chi connectivity index (χ0) is 23.0. The Kier molecular flexibility index (Phi) is 5.56. The van der Waals surface area contributed by atoms with Gasteiger partial charge in [0.2, 0.25) is 0 Å². The molecule has 0 saturated carbocycles. The fourth-order valence-electron chi connectivity index (χ4n) is 3.80. The lowest BCUT2D eigenvalue weighted by Gasteiger charge is -2.09. The Bertz CT molecular complexity index is 1390. The van der Waals surface area contributed by atoms with Crippen LogP contribution in [0.2, 0.25) is 0 Å². The molecule has 4 rings (SSSR count). The van der Waals surface area contributed by atoms with Crippen molar-refractivity contribution in [1.82, 2.24) is 14.3 Å². The first-order valence-corrected chi connectivity index (χ1v) is 9.73. The van der Waals surface area contributed by atoms with Gasteiger partial charge in [-0.25, -0.2) is 17.9 Å². The lowest BCUT2D eigenvalue weighted by Crippen LogP contribution is -2.24. The van der Waals surface area contributed by atoms with Crippen LogP contribution in [0.5, 0.6) is 0 Å². The van der Waals surface area contributed by atoms with Gasteiger partial charge < -0.3 is 9.67 Å². The van der Waals surface area contributed by atoms with Crippen molar-refractivity contribution in [2.75, 3.05) is 0 Å². The van der Waals surface area contributed by atoms with E-state index in [0.717, 1.165) is 16.8 Å². The molecular weight excluding hydrogens is 423 g/mol. The van der Waals surface area contributed by atoms with Gasteiger partial charge >= 0.3 is 5.97 Å². The molecule has 32 heavy (non-hydrogen) atoms. The zero-order valence-electron chi connectivity index (χ0n) is 17.0. The van der Waals surface area contributed by atoms with Crippen molar-refractivity contribution < 1.29 is 23.1 Å². The van der Waals surface area contributed by atoms with Crippen molar-refractivity contribution in [1.29, 1.82) is 0 Å². The number of carboxylic acids is 1. The smallest absolute Gasteiger partial charge is 0.323 e. The molecule has 1 N–H and O–H groups in total. The first-order chi connectivity index (χ1) is 15.2. The Balaban J connectivity index is 1.76. The molecule has 0 aliphatic carbocycles. The largest absolute Gasteiger partial charge is 0.480 e. The highest BCUT2D eigenvalue weighted by Gasteiger charge is 2.18. The summed E-state index contributed by atoms with van der Waals surface area (Å²) in [6.07, 6.45) is 0.165. The van der Waals surface area contributed by atoms with E-state index in [9.17, 15) is 27.9 Å². The second-order valence-corrected chi connectivity index (χ2v) is 7.40. The topological polar surface area (TPSA) is 77.1 Å². The summed E-state index contributed by atoms with van der Waals surface area (Å²) in [4.78, 5) is 23.5. The van der Waals surface area contributed by atoms with E-state index in [4.69, 9.17) is 0 Å². The summed E-state index contributed by atoms with van der Waals surface area (Å²) in [7, 11) is 0. The van der Waals surface area contributed by atoms with Gasteiger partial charge in [0.25, 0.3) is 5.56 Å². The Morgan fingerprint density at radius 3 is 2.44 bits per heavy atom. The number of halogens is 3. The van der Waals surface area contributed by atoms with E-state index in [1.54, 1.807) is 11.5 Å². The standard InChI is InChI=1S/C23H18F3N3O3/c1-13-16(17-9-14(24)5-7-21(17)28(13)12-23(31)32)10-15-6-8-22(30)29(27-15)11-18-19(25)3-2-4-20(18)26/h2-9H,10-12H2,1H3,(H,31,32). The van der Waals surface area contributed by atoms with Crippen LogP contribution in [-0.2, 0) is 24.3 Å². The fraction of sp³-hybridized carbons (Fsp3) is 0.174. The van der Waals surface area contributed by atoms with E-state index in [-0.39, 0.29) is 25.1 Å². The number of benzene rings is 2. The molecule has 0 radical (unpaired) electrons. The maximum atomic E-state index is 14.0. The van der Waals surface area contributed by atoms with Gasteiger partial charge in [-0.1, -0.05) is 6.07 Å². The normalized spacial score (nSPS) is 11.2. The third-order valence-corrected chi connectivity index (χ3v) is 5.36. The minimum atomic E-state index is -1.04. The number of hydrogen-bond donors (Lipinski definition) is 1. The van der Waals surface area contributed by atoms with Crippen molar-refractivity contribution in [3.63, 3.8) is 0 Å². The number of rotatable bonds is 6. The van der Waals surface area contributed by atoms with Gasteiger partial charge in [0, 0.05) is 34.6 Å². The van der Waals surface area contributed by atoms with E-state index in [0.29, 0.717) is 27.9 Å². The first-order valence-electron chi connectivity index (χ1n) is 9.73. The average molecular weight is 441 g/mol. The highest BCUT2D eigenvalue weighted by atomic mass is 19.1. The minimum absolute atomic E-state index is 0.165. The fourth-order valence-corrected chi connectivity index (χ4v) is 3.80. The van der Waals surface area contributed by atoms with E-state index < -0.39 is 29.0 Å². The minimum Gasteiger partial charge on any atom is -0.480 e. The Morgan fingerprint density at radius 2 is 1.75 bits per heavy atom. The summed E-state index contributed by atoms with van der Waals surface area (Å²) in [6, 6.07) is 10.2. The zero-order valence-corrected chi connectivity index (χ0v) is 17.0. The molecule has 2 heterocycles. The third kappa shape index (κ3) is 4.01. The van der Waals surface area contributed by atoms with Crippen molar-refractivity contribution in [3.05, 3.63) is 98.9 Å². The third-order valence-electron chi connectivity index (χ3n) is 5.36. The molecule has 0 amide bonds. The summed E-state index contributed by atoms with van der Waals surface area (Å²) >= 11 is 0. The van der Waals surface area contributed by atoms with Crippen LogP contribution in [0.15, 0.2) is 53.3 Å². The van der Waals surface area contributed by atoms with E-state index in [2.05, 4.69) is 5.10 Å². The van der Waals surface area contributed by atoms with Crippen LogP contribution in [0.4, 0.5) is 13.2 Å². The number of carbonyl (C=O) groups is 1. The van der Waals surface area contributed by atoms with Gasteiger partial charge in [0.1, 0.15) is 24.0 Å². The number of carboxylic acid groups (broad SMARTS) is 1. The van der Waals surface area contributed by atoms with Gasteiger partial charge in [-0.3, -0.25) is 9.59 Å². The second kappa shape index (κ2) is 8.33. The lowest BCUT2D eigenvalue weighted by atomic mass is 10.1. The van der Waals surface area contributed by atoms with Gasteiger partial charge in [0.05, 0.1) is 12.2 Å². The summed E-state index contributed by atoms with van der Waals surface area (Å²) in [6.45, 7) is 1.04. The molecular formula is C23H18F3N3O3. The molecule has 0 spiro atoms. The maximum absolute atomic E-state index is 14.0. The van der Waals surface area contributed by atoms with Gasteiger partial charge in [-0.2, -0.15) is 5.10 Å². The van der Waals surface area contributed by atoms with Crippen LogP contribution in [-0.4, -0.2) is 25.4 Å². The number of aromatic nitrogens is 3. The van der Waals surface area contributed by atoms with Crippen LogP contribution in [0, 0.1) is 24.4 Å². The van der Waals surface area contributed by atoms with Crippen LogP contribution in [0.25, 0.3) is 10.9 Å². The monoisotopic (exact) mass is 441 g/mol. The first kappa shape index (κ1) is 21.4. The molecule has 0 atom stereocenters. The molecule has 0 bridgehead atoms. The predicted molar refractivity (Wildman–Crippen MR) is 111 cm³/mol. The molecule has 0 saturated heterocycles. The highest BCUT2D eigenvalue weighted by Crippen LogP contribution is 2.28. The number of aliphatic carboxylic acids is 1. The van der Waals surface area contributed by atoms with Crippen molar-refractivity contribution in [3.8, 4) is 0 Å². The molecule has 0 aliphatic heterocycles. The van der Waals surface area contributed by atoms with Crippen molar-refractivity contribution in [2.45, 2.75) is 26.4 Å². The van der Waals surface area contributed by atoms with E-state index in [1.807, 2.05) is 0 Å². The van der Waals surface area contributed by atoms with E-state index >= 15 is 0 Å². The summed E-state index contributed by atoms with van der Waals surface area (Å²) < 4.78 is 44.5. The number of hydrogen-bond acceptors (Lipinski definition) is 3. The summed E-state index contributed by atoms with van der Waals surface area (Å²) in [5.41, 5.74) is 1.41. The molecule has 2 aromatic heterocycles. The Morgan fingerprint density at radius 1 is 1.03 bits per heavy atom. The quantitative estimate of drug-likeness (QED) is 0.496. The lowest BCUT2D eigenvalue weighted by molar-refractivity contribution is -0.137. The van der Waals surface area contributed by atoms with Crippen LogP contribution >= 0.6 is 0 Å². The van der Waals surface area contributed by atoms with Crippen LogP contribution < -0.4 is 5.56 Å². The predicted octanol–water partition coefficient (Wildman–Crippen LogP) is 3.65. The number of nitrogens with zero attached hydrogens (tertiary/aromatic N) is 3. The second-order valence-electron chi connectivity index (χ2n) is 7.40. The van der Waals surface area contributed by atoms with Gasteiger partial charge in [-0.15, -0.1) is 0 Å². The molecule has 6 nitrogen and oxygen atoms in total. The highest BCUT2D eigenvalue weighted by molar-refractivity contribution is 5.87. The van der Waals surface area contributed by atoms with Crippen LogP contribution in [0.3, 0.4) is 0 Å². The molecule has 0 unspecified atom stereocenters. The SMILES string of the molecule is Cc1c(Cc2ccc(=O)n(Cc3c(F)cccc3F)n2)c2cc(F)ccc2n1CC(=O)O. The van der Waals surface area contributed by atoms with Crippen LogP contribution in [0.1, 0.15) is 22.5 Å². The molecule has 0 aliphatic rings. The van der Waals surface area contributed by atoms with Gasteiger partial charge in [-0.05, 0) is 48.9 Å². The molecule has 0 fully saturated rings. The van der Waals surface area contributed by atoms with Gasteiger partial charge in [0.15, 0.2) is 0 Å². The van der Waals surface area contributed by atoms with Crippen molar-refractivity contribution in [2.24, 2.45) is 0 Å². The molecule has 164 valence electrons. The number of fused-ring (bicyclic) bond motifs is 1. The molecule has 9 heteroatoms. The van der Waals surface area contributed by atoms with E-state index in [1.165, 1.54) is 36.4 Å². The summed E-state index contributed by atoms with van der Waals surface area (Å²) in [5.74, 6) is -3.09. The Labute approximate surface area is 180 Å². The van der Waals surface area contributed by atoms with Crippen molar-refractivity contribution >= 4 is 16.9 Å².